The van der Waals surface area contributed by atoms with Gasteiger partial charge in [-0.2, -0.15) is 0 Å². The zero-order valence-electron chi connectivity index (χ0n) is 18.2. The molecule has 0 aliphatic heterocycles. The van der Waals surface area contributed by atoms with Crippen LogP contribution in [0.3, 0.4) is 0 Å². The van der Waals surface area contributed by atoms with E-state index in [0.717, 1.165) is 32.1 Å². The maximum atomic E-state index is 12.5. The van der Waals surface area contributed by atoms with Gasteiger partial charge in [0.2, 0.25) is 5.91 Å². The normalized spacial score (nSPS) is 10.3. The lowest BCUT2D eigenvalue weighted by Gasteiger charge is -2.12. The second-order valence-corrected chi connectivity index (χ2v) is 7.63. The van der Waals surface area contributed by atoms with Crippen LogP contribution in [0.5, 0.6) is 5.75 Å². The van der Waals surface area contributed by atoms with Crippen LogP contribution in [-0.4, -0.2) is 23.5 Å². The summed E-state index contributed by atoms with van der Waals surface area (Å²) in [6, 6.07) is 14.2. The van der Waals surface area contributed by atoms with E-state index >= 15 is 0 Å². The Labute approximate surface area is 189 Å². The predicted octanol–water partition coefficient (Wildman–Crippen LogP) is 5.51. The van der Waals surface area contributed by atoms with Crippen molar-refractivity contribution < 1.29 is 14.3 Å². The number of benzene rings is 2. The van der Waals surface area contributed by atoms with Crippen LogP contribution < -0.4 is 20.7 Å². The maximum Gasteiger partial charge on any atom is 0.257 e. The second-order valence-electron chi connectivity index (χ2n) is 7.22. The van der Waals surface area contributed by atoms with E-state index in [1.807, 2.05) is 24.3 Å². The fourth-order valence-electron chi connectivity index (χ4n) is 2.83. The van der Waals surface area contributed by atoms with Crippen LogP contribution >= 0.6 is 12.2 Å². The standard InChI is InChI=1S/C24H31N3O3S/c1-3-5-7-14-22(28)25-19-11-9-12-20(17-19)26-24(31)27-23(29)18-10-8-13-21(16-18)30-15-6-4-2/h8-13,16-17H,3-7,14-15H2,1-2H3,(H,25,28)(H2,26,27,29,31). The molecular weight excluding hydrogens is 410 g/mol. The Bertz CT molecular complexity index is 886. The van der Waals surface area contributed by atoms with Gasteiger partial charge in [0.25, 0.3) is 5.91 Å². The summed E-state index contributed by atoms with van der Waals surface area (Å²) in [6.45, 7) is 4.82. The number of amides is 2. The number of anilines is 2. The van der Waals surface area contributed by atoms with Crippen molar-refractivity contribution in [2.45, 2.75) is 52.4 Å². The number of ether oxygens (including phenoxy) is 1. The Hall–Kier alpha value is -2.93. The van der Waals surface area contributed by atoms with E-state index in [1.54, 1.807) is 24.3 Å². The number of rotatable bonds is 11. The summed E-state index contributed by atoms with van der Waals surface area (Å²) in [4.78, 5) is 24.5. The highest BCUT2D eigenvalue weighted by molar-refractivity contribution is 7.80. The predicted molar refractivity (Wildman–Crippen MR) is 130 cm³/mol. The number of thiocarbonyl (C=S) groups is 1. The van der Waals surface area contributed by atoms with Gasteiger partial charge < -0.3 is 15.4 Å². The minimum absolute atomic E-state index is 0.0116. The highest BCUT2D eigenvalue weighted by Gasteiger charge is 2.10. The highest BCUT2D eigenvalue weighted by Crippen LogP contribution is 2.17. The first-order chi connectivity index (χ1) is 15.0. The van der Waals surface area contributed by atoms with Crippen molar-refractivity contribution in [2.24, 2.45) is 0 Å². The molecule has 0 unspecified atom stereocenters. The molecule has 2 amide bonds. The van der Waals surface area contributed by atoms with Crippen molar-refractivity contribution in [1.82, 2.24) is 5.32 Å². The summed E-state index contributed by atoms with van der Waals surface area (Å²) in [6.07, 6.45) is 5.50. The lowest BCUT2D eigenvalue weighted by Crippen LogP contribution is -2.34. The average Bonchev–Trinajstić information content (AvgIpc) is 2.74. The molecule has 0 aromatic heterocycles. The van der Waals surface area contributed by atoms with E-state index in [2.05, 4.69) is 29.8 Å². The molecule has 6 nitrogen and oxygen atoms in total. The van der Waals surface area contributed by atoms with Gasteiger partial charge in [-0.05, 0) is 61.5 Å². The minimum Gasteiger partial charge on any atom is -0.494 e. The van der Waals surface area contributed by atoms with Gasteiger partial charge in [-0.25, -0.2) is 0 Å². The van der Waals surface area contributed by atoms with Gasteiger partial charge in [0.1, 0.15) is 5.75 Å². The lowest BCUT2D eigenvalue weighted by molar-refractivity contribution is -0.116. The smallest absolute Gasteiger partial charge is 0.257 e. The molecule has 2 rings (SSSR count). The highest BCUT2D eigenvalue weighted by atomic mass is 32.1. The molecule has 7 heteroatoms. The van der Waals surface area contributed by atoms with Crippen molar-refractivity contribution in [2.75, 3.05) is 17.2 Å². The van der Waals surface area contributed by atoms with E-state index in [1.165, 1.54) is 0 Å². The third kappa shape index (κ3) is 9.17. The molecule has 0 fully saturated rings. The Morgan fingerprint density at radius 2 is 1.61 bits per heavy atom. The van der Waals surface area contributed by atoms with Gasteiger partial charge >= 0.3 is 0 Å². The van der Waals surface area contributed by atoms with E-state index < -0.39 is 0 Å². The summed E-state index contributed by atoms with van der Waals surface area (Å²) in [7, 11) is 0. The molecule has 0 atom stereocenters. The van der Waals surface area contributed by atoms with Crippen molar-refractivity contribution >= 4 is 40.5 Å². The molecule has 0 heterocycles. The molecule has 166 valence electrons. The Kier molecular flexibility index (Phi) is 10.5. The third-order valence-electron chi connectivity index (χ3n) is 4.50. The zero-order chi connectivity index (χ0) is 22.5. The van der Waals surface area contributed by atoms with Crippen molar-refractivity contribution in [3.05, 3.63) is 54.1 Å². The van der Waals surface area contributed by atoms with Gasteiger partial charge in [-0.3, -0.25) is 14.9 Å². The van der Waals surface area contributed by atoms with E-state index in [4.69, 9.17) is 17.0 Å². The fourth-order valence-corrected chi connectivity index (χ4v) is 3.04. The van der Waals surface area contributed by atoms with Crippen LogP contribution in [0.4, 0.5) is 11.4 Å². The molecule has 0 aliphatic rings. The van der Waals surface area contributed by atoms with E-state index in [9.17, 15) is 9.59 Å². The quantitative estimate of drug-likeness (QED) is 0.316. The lowest BCUT2D eigenvalue weighted by atomic mass is 10.2. The SMILES string of the molecule is CCCCCC(=O)Nc1cccc(NC(=S)NC(=O)c2cccc(OCCCC)c2)c1. The van der Waals surface area contributed by atoms with Gasteiger partial charge in [0.15, 0.2) is 5.11 Å². The van der Waals surface area contributed by atoms with Crippen LogP contribution in [0, 0.1) is 0 Å². The monoisotopic (exact) mass is 441 g/mol. The molecule has 0 aliphatic carbocycles. The number of unbranched alkanes of at least 4 members (excludes halogenated alkanes) is 3. The average molecular weight is 442 g/mol. The van der Waals surface area contributed by atoms with Crippen molar-refractivity contribution in [3.63, 3.8) is 0 Å². The Balaban J connectivity index is 1.88. The summed E-state index contributed by atoms with van der Waals surface area (Å²) >= 11 is 5.27. The van der Waals surface area contributed by atoms with Crippen LogP contribution in [0.25, 0.3) is 0 Å². The fraction of sp³-hybridized carbons (Fsp3) is 0.375. The summed E-state index contributed by atoms with van der Waals surface area (Å²) in [5.41, 5.74) is 1.82. The summed E-state index contributed by atoms with van der Waals surface area (Å²) in [5.74, 6) is 0.323. The van der Waals surface area contributed by atoms with Crippen LogP contribution in [0.2, 0.25) is 0 Å². The second kappa shape index (κ2) is 13.4. The van der Waals surface area contributed by atoms with Crippen LogP contribution in [-0.2, 0) is 4.79 Å². The molecule has 0 spiro atoms. The number of carbonyl (C=O) groups excluding carboxylic acids is 2. The third-order valence-corrected chi connectivity index (χ3v) is 4.71. The number of carbonyl (C=O) groups is 2. The molecule has 0 saturated carbocycles. The molecule has 2 aromatic carbocycles. The first-order valence-corrected chi connectivity index (χ1v) is 11.2. The largest absolute Gasteiger partial charge is 0.494 e. The molecule has 3 N–H and O–H groups in total. The van der Waals surface area contributed by atoms with Crippen LogP contribution in [0.1, 0.15) is 62.7 Å². The summed E-state index contributed by atoms with van der Waals surface area (Å²) < 4.78 is 5.65. The molecule has 2 aromatic rings. The first-order valence-electron chi connectivity index (χ1n) is 10.8. The molecule has 31 heavy (non-hydrogen) atoms. The van der Waals surface area contributed by atoms with E-state index in [0.29, 0.717) is 35.7 Å². The van der Waals surface area contributed by atoms with Gasteiger partial charge in [0.05, 0.1) is 6.61 Å². The summed E-state index contributed by atoms with van der Waals surface area (Å²) in [5, 5.41) is 8.71. The molecule has 0 bridgehead atoms. The van der Waals surface area contributed by atoms with Crippen molar-refractivity contribution in [1.29, 1.82) is 0 Å². The minimum atomic E-state index is -0.321. The van der Waals surface area contributed by atoms with Gasteiger partial charge in [-0.15, -0.1) is 0 Å². The Morgan fingerprint density at radius 1 is 0.903 bits per heavy atom. The molecule has 0 saturated heterocycles. The number of nitrogens with one attached hydrogen (secondary N) is 3. The molecule has 0 radical (unpaired) electrons. The number of hydrogen-bond donors (Lipinski definition) is 3. The molecular formula is C24H31N3O3S. The first kappa shape index (κ1) is 24.3. The topological polar surface area (TPSA) is 79.5 Å². The number of hydrogen-bond acceptors (Lipinski definition) is 4. The Morgan fingerprint density at radius 3 is 2.35 bits per heavy atom. The van der Waals surface area contributed by atoms with Crippen molar-refractivity contribution in [3.8, 4) is 5.75 Å². The zero-order valence-corrected chi connectivity index (χ0v) is 19.0. The van der Waals surface area contributed by atoms with Gasteiger partial charge in [0, 0.05) is 23.4 Å². The van der Waals surface area contributed by atoms with Crippen LogP contribution in [0.15, 0.2) is 48.5 Å². The van der Waals surface area contributed by atoms with Gasteiger partial charge in [-0.1, -0.05) is 45.2 Å². The van der Waals surface area contributed by atoms with E-state index in [-0.39, 0.29) is 16.9 Å². The maximum absolute atomic E-state index is 12.5.